The Labute approximate surface area is 186 Å². The number of aromatic nitrogens is 5. The monoisotopic (exact) mass is 426 g/mol. The zero-order chi connectivity index (χ0) is 21.7. The maximum absolute atomic E-state index is 12.8. The maximum atomic E-state index is 12.8. The van der Waals surface area contributed by atoms with Crippen LogP contribution in [0.3, 0.4) is 0 Å². The Morgan fingerprint density at radius 2 is 1.94 bits per heavy atom. The molecule has 1 aromatic carbocycles. The SMILES string of the molecule is CC1C2CCC(C2)C1Cn1c(=O)ccc2cnc(Nc3ccc(-n4cccn4)cc3)nc21. The first-order valence-electron chi connectivity index (χ1n) is 11.4. The van der Waals surface area contributed by atoms with E-state index < -0.39 is 0 Å². The van der Waals surface area contributed by atoms with Crippen molar-refractivity contribution in [2.45, 2.75) is 32.7 Å². The molecule has 4 aromatic rings. The van der Waals surface area contributed by atoms with Crippen LogP contribution in [0.2, 0.25) is 0 Å². The fourth-order valence-electron chi connectivity index (χ4n) is 5.78. The maximum Gasteiger partial charge on any atom is 0.252 e. The molecule has 0 aliphatic heterocycles. The Balaban J connectivity index is 1.30. The summed E-state index contributed by atoms with van der Waals surface area (Å²) in [6.07, 6.45) is 9.43. The summed E-state index contributed by atoms with van der Waals surface area (Å²) in [4.78, 5) is 22.1. The normalized spacial score (nSPS) is 24.3. The van der Waals surface area contributed by atoms with Crippen molar-refractivity contribution in [2.24, 2.45) is 23.7 Å². The van der Waals surface area contributed by atoms with Gasteiger partial charge in [-0.3, -0.25) is 9.36 Å². The molecule has 162 valence electrons. The van der Waals surface area contributed by atoms with Crippen molar-refractivity contribution in [1.82, 2.24) is 24.3 Å². The van der Waals surface area contributed by atoms with Gasteiger partial charge in [0.15, 0.2) is 0 Å². The van der Waals surface area contributed by atoms with Crippen LogP contribution in [0, 0.1) is 23.7 Å². The molecule has 0 amide bonds. The first-order valence-corrected chi connectivity index (χ1v) is 11.4. The third-order valence-electron chi connectivity index (χ3n) is 7.55. The summed E-state index contributed by atoms with van der Waals surface area (Å²) in [6, 6.07) is 13.3. The number of benzene rings is 1. The first-order chi connectivity index (χ1) is 15.7. The number of pyridine rings is 1. The Hall–Kier alpha value is -3.48. The highest BCUT2D eigenvalue weighted by Gasteiger charge is 2.45. The number of hydrogen-bond acceptors (Lipinski definition) is 5. The Bertz CT molecular complexity index is 1310. The van der Waals surface area contributed by atoms with Gasteiger partial charge in [0, 0.05) is 42.3 Å². The number of hydrogen-bond donors (Lipinski definition) is 1. The van der Waals surface area contributed by atoms with Gasteiger partial charge in [0.2, 0.25) is 5.95 Å². The van der Waals surface area contributed by atoms with Crippen LogP contribution in [0.1, 0.15) is 26.2 Å². The summed E-state index contributed by atoms with van der Waals surface area (Å²) in [7, 11) is 0. The van der Waals surface area contributed by atoms with Crippen molar-refractivity contribution >= 4 is 22.7 Å². The van der Waals surface area contributed by atoms with E-state index in [0.717, 1.165) is 35.1 Å². The van der Waals surface area contributed by atoms with Crippen LogP contribution in [0.5, 0.6) is 0 Å². The predicted molar refractivity (Wildman–Crippen MR) is 124 cm³/mol. The molecule has 6 rings (SSSR count). The molecule has 7 heteroatoms. The van der Waals surface area contributed by atoms with Gasteiger partial charge < -0.3 is 5.32 Å². The Morgan fingerprint density at radius 3 is 2.69 bits per heavy atom. The van der Waals surface area contributed by atoms with Crippen molar-refractivity contribution in [3.63, 3.8) is 0 Å². The third kappa shape index (κ3) is 3.28. The average Bonchev–Trinajstić information content (AvgIpc) is 3.56. The highest BCUT2D eigenvalue weighted by molar-refractivity contribution is 5.75. The number of nitrogens with zero attached hydrogens (tertiary/aromatic N) is 5. The Kier molecular flexibility index (Phi) is 4.56. The summed E-state index contributed by atoms with van der Waals surface area (Å²) in [6.45, 7) is 3.10. The summed E-state index contributed by atoms with van der Waals surface area (Å²) in [5.74, 6) is 3.28. The van der Waals surface area contributed by atoms with E-state index in [1.54, 1.807) is 18.5 Å². The minimum Gasteiger partial charge on any atom is -0.324 e. The van der Waals surface area contributed by atoms with Crippen LogP contribution in [-0.2, 0) is 6.54 Å². The van der Waals surface area contributed by atoms with E-state index in [-0.39, 0.29) is 5.56 Å². The van der Waals surface area contributed by atoms with E-state index in [4.69, 9.17) is 4.98 Å². The second-order valence-corrected chi connectivity index (χ2v) is 9.23. The molecular formula is C25H26N6O. The van der Waals surface area contributed by atoms with Crippen LogP contribution in [0.25, 0.3) is 16.7 Å². The van der Waals surface area contributed by atoms with Gasteiger partial charge in [-0.1, -0.05) is 6.92 Å². The van der Waals surface area contributed by atoms with E-state index in [1.165, 1.54) is 19.3 Å². The molecule has 0 saturated heterocycles. The molecule has 2 aliphatic rings. The first kappa shape index (κ1) is 19.2. The number of rotatable bonds is 5. The van der Waals surface area contributed by atoms with Gasteiger partial charge in [-0.15, -0.1) is 0 Å². The lowest BCUT2D eigenvalue weighted by Gasteiger charge is -2.29. The lowest BCUT2D eigenvalue weighted by Crippen LogP contribution is -2.30. The van der Waals surface area contributed by atoms with Crippen molar-refractivity contribution < 1.29 is 0 Å². The van der Waals surface area contributed by atoms with Gasteiger partial charge in [-0.2, -0.15) is 10.1 Å². The van der Waals surface area contributed by atoms with E-state index >= 15 is 0 Å². The molecule has 0 radical (unpaired) electrons. The lowest BCUT2D eigenvalue weighted by atomic mass is 9.80. The average molecular weight is 427 g/mol. The predicted octanol–water partition coefficient (Wildman–Crippen LogP) is 4.40. The molecule has 2 aliphatic carbocycles. The molecule has 1 N–H and O–H groups in total. The molecule has 0 spiro atoms. The van der Waals surface area contributed by atoms with E-state index in [0.29, 0.717) is 23.4 Å². The summed E-state index contributed by atoms with van der Waals surface area (Å²) in [5, 5.41) is 8.42. The molecule has 2 bridgehead atoms. The zero-order valence-electron chi connectivity index (χ0n) is 18.1. The molecule has 2 fully saturated rings. The standard InChI is InChI=1S/C25H26N6O/c1-16-17-3-4-18(13-17)22(16)15-30-23(32)10-5-19-14-26-25(29-24(19)30)28-20-6-8-21(9-7-20)31-12-2-11-27-31/h2,5-12,14,16-18,22H,3-4,13,15H2,1H3,(H,26,28,29). The zero-order valence-corrected chi connectivity index (χ0v) is 18.1. The van der Waals surface area contributed by atoms with Crippen molar-refractivity contribution in [2.75, 3.05) is 5.32 Å². The summed E-state index contributed by atoms with van der Waals surface area (Å²) >= 11 is 0. The molecule has 7 nitrogen and oxygen atoms in total. The fraction of sp³-hybridized carbons (Fsp3) is 0.360. The quantitative estimate of drug-likeness (QED) is 0.512. The number of nitrogens with one attached hydrogen (secondary N) is 1. The highest BCUT2D eigenvalue weighted by atomic mass is 16.1. The minimum atomic E-state index is 0.0145. The third-order valence-corrected chi connectivity index (χ3v) is 7.55. The molecule has 4 unspecified atom stereocenters. The van der Waals surface area contributed by atoms with Gasteiger partial charge in [0.1, 0.15) is 5.65 Å². The van der Waals surface area contributed by atoms with Gasteiger partial charge in [0.25, 0.3) is 5.56 Å². The second-order valence-electron chi connectivity index (χ2n) is 9.23. The topological polar surface area (TPSA) is 77.6 Å². The van der Waals surface area contributed by atoms with Gasteiger partial charge in [0.05, 0.1) is 5.69 Å². The Morgan fingerprint density at radius 1 is 1.09 bits per heavy atom. The van der Waals surface area contributed by atoms with E-state index in [9.17, 15) is 4.79 Å². The van der Waals surface area contributed by atoms with Gasteiger partial charge in [-0.05, 0) is 79.3 Å². The molecule has 4 atom stereocenters. The smallest absolute Gasteiger partial charge is 0.252 e. The van der Waals surface area contributed by atoms with Crippen molar-refractivity contribution in [1.29, 1.82) is 0 Å². The minimum absolute atomic E-state index is 0.0145. The molecule has 2 saturated carbocycles. The van der Waals surface area contributed by atoms with E-state index in [1.807, 2.05) is 51.8 Å². The van der Waals surface area contributed by atoms with E-state index in [2.05, 4.69) is 22.3 Å². The van der Waals surface area contributed by atoms with Crippen LogP contribution >= 0.6 is 0 Å². The van der Waals surface area contributed by atoms with Gasteiger partial charge in [-0.25, -0.2) is 9.67 Å². The van der Waals surface area contributed by atoms with Gasteiger partial charge >= 0.3 is 0 Å². The van der Waals surface area contributed by atoms with Crippen LogP contribution in [-0.4, -0.2) is 24.3 Å². The molecule has 3 heterocycles. The lowest BCUT2D eigenvalue weighted by molar-refractivity contribution is 0.213. The highest BCUT2D eigenvalue weighted by Crippen LogP contribution is 2.52. The number of fused-ring (bicyclic) bond motifs is 3. The van der Waals surface area contributed by atoms with Crippen LogP contribution in [0.4, 0.5) is 11.6 Å². The van der Waals surface area contributed by atoms with Crippen molar-refractivity contribution in [3.05, 3.63) is 71.4 Å². The summed E-state index contributed by atoms with van der Waals surface area (Å²) < 4.78 is 3.68. The van der Waals surface area contributed by atoms with Crippen LogP contribution in [0.15, 0.2) is 65.8 Å². The molecule has 32 heavy (non-hydrogen) atoms. The summed E-state index contributed by atoms with van der Waals surface area (Å²) in [5.41, 5.74) is 2.58. The molecular weight excluding hydrogens is 400 g/mol. The second kappa shape index (κ2) is 7.58. The van der Waals surface area contributed by atoms with Crippen LogP contribution < -0.4 is 10.9 Å². The fourth-order valence-corrected chi connectivity index (χ4v) is 5.78. The molecule has 3 aromatic heterocycles. The largest absolute Gasteiger partial charge is 0.324 e. The number of anilines is 2. The van der Waals surface area contributed by atoms with Crippen molar-refractivity contribution in [3.8, 4) is 5.69 Å².